The van der Waals surface area contributed by atoms with Crippen LogP contribution in [-0.4, -0.2) is 40.4 Å². The Hall–Kier alpha value is -3.53. The van der Waals surface area contributed by atoms with Gasteiger partial charge in [0.2, 0.25) is 5.95 Å². The summed E-state index contributed by atoms with van der Waals surface area (Å²) < 4.78 is 7.67. The van der Waals surface area contributed by atoms with Crippen molar-refractivity contribution in [1.29, 1.82) is 5.26 Å². The molecule has 7 heteroatoms. The van der Waals surface area contributed by atoms with Gasteiger partial charge in [-0.25, -0.2) is 9.78 Å². The number of imidazole rings is 1. The van der Waals surface area contributed by atoms with E-state index in [9.17, 15) is 4.79 Å². The minimum absolute atomic E-state index is 0.141. The fourth-order valence-corrected chi connectivity index (χ4v) is 4.30. The Labute approximate surface area is 195 Å². The van der Waals surface area contributed by atoms with E-state index in [0.29, 0.717) is 18.7 Å². The Morgan fingerprint density at radius 3 is 2.67 bits per heavy atom. The normalized spacial score (nSPS) is 16.4. The van der Waals surface area contributed by atoms with E-state index in [0.717, 1.165) is 48.4 Å². The number of para-hydroxylation sites is 2. The van der Waals surface area contributed by atoms with Gasteiger partial charge in [0, 0.05) is 19.1 Å². The molecule has 0 aliphatic carbocycles. The van der Waals surface area contributed by atoms with Crippen molar-refractivity contribution in [2.24, 2.45) is 0 Å². The molecule has 2 aromatic carbocycles. The first-order chi connectivity index (χ1) is 15.8. The number of amides is 1. The predicted molar refractivity (Wildman–Crippen MR) is 129 cm³/mol. The number of aromatic nitrogens is 2. The zero-order valence-electron chi connectivity index (χ0n) is 19.5. The highest BCUT2D eigenvalue weighted by atomic mass is 16.6. The lowest BCUT2D eigenvalue weighted by atomic mass is 10.0. The maximum atomic E-state index is 12.3. The molecule has 0 unspecified atom stereocenters. The second kappa shape index (κ2) is 9.53. The number of carbonyl (C=O) groups is 1. The highest BCUT2D eigenvalue weighted by molar-refractivity contribution is 5.79. The molecule has 0 radical (unpaired) electrons. The number of hydrogen-bond donors (Lipinski definition) is 1. The van der Waals surface area contributed by atoms with E-state index in [-0.39, 0.29) is 12.1 Å². The van der Waals surface area contributed by atoms with Gasteiger partial charge in [-0.2, -0.15) is 5.26 Å². The van der Waals surface area contributed by atoms with Gasteiger partial charge in [-0.1, -0.05) is 24.3 Å². The van der Waals surface area contributed by atoms with Gasteiger partial charge in [-0.3, -0.25) is 0 Å². The number of ether oxygens (including phenoxy) is 1. The Balaban J connectivity index is 1.61. The van der Waals surface area contributed by atoms with Crippen molar-refractivity contribution in [2.45, 2.75) is 58.2 Å². The summed E-state index contributed by atoms with van der Waals surface area (Å²) in [5.74, 6) is 0.913. The van der Waals surface area contributed by atoms with Crippen LogP contribution in [0.15, 0.2) is 48.5 Å². The minimum Gasteiger partial charge on any atom is -0.444 e. The molecule has 1 saturated heterocycles. The van der Waals surface area contributed by atoms with E-state index < -0.39 is 5.60 Å². The van der Waals surface area contributed by atoms with Gasteiger partial charge in [0.1, 0.15) is 5.60 Å². The van der Waals surface area contributed by atoms with Crippen LogP contribution >= 0.6 is 0 Å². The van der Waals surface area contributed by atoms with Crippen LogP contribution in [0.2, 0.25) is 0 Å². The monoisotopic (exact) mass is 445 g/mol. The Bertz CT molecular complexity index is 1150. The fourth-order valence-electron chi connectivity index (χ4n) is 4.30. The van der Waals surface area contributed by atoms with Gasteiger partial charge in [-0.05, 0) is 69.9 Å². The number of fused-ring (bicyclic) bond motifs is 1. The molecule has 1 N–H and O–H groups in total. The number of benzene rings is 2. The number of piperidine rings is 1. The number of anilines is 1. The summed E-state index contributed by atoms with van der Waals surface area (Å²) in [5.41, 5.74) is 3.26. The standard InChI is InChI=1S/C26H31N5O2/c1-26(2,3)33-25(32)28-17-21-8-6-7-15-30(21)24-29-22-9-4-5-10-23(22)31(24)18-20-13-11-19(16-27)12-14-20/h4-5,9-14,21H,6-8,15,17-18H2,1-3H3,(H,28,32)/t21-/m1/s1. The molecule has 1 amide bonds. The van der Waals surface area contributed by atoms with Crippen LogP contribution in [0.1, 0.15) is 51.2 Å². The van der Waals surface area contributed by atoms with Crippen molar-refractivity contribution in [3.8, 4) is 6.07 Å². The quantitative estimate of drug-likeness (QED) is 0.608. The lowest BCUT2D eigenvalue weighted by Crippen LogP contribution is -2.48. The first-order valence-corrected chi connectivity index (χ1v) is 11.5. The summed E-state index contributed by atoms with van der Waals surface area (Å²) in [6, 6.07) is 18.2. The van der Waals surface area contributed by atoms with Crippen LogP contribution in [-0.2, 0) is 11.3 Å². The SMILES string of the molecule is CC(C)(C)OC(=O)NC[C@H]1CCCCN1c1nc2ccccc2n1Cc1ccc(C#N)cc1. The van der Waals surface area contributed by atoms with E-state index in [1.165, 1.54) is 0 Å². The molecule has 1 aliphatic rings. The molecule has 4 rings (SSSR count). The molecule has 0 bridgehead atoms. The zero-order chi connectivity index (χ0) is 23.4. The van der Waals surface area contributed by atoms with Crippen molar-refractivity contribution in [3.05, 3.63) is 59.7 Å². The number of carbonyl (C=O) groups excluding carboxylic acids is 1. The molecule has 172 valence electrons. The lowest BCUT2D eigenvalue weighted by molar-refractivity contribution is 0.0522. The average molecular weight is 446 g/mol. The first kappa shape index (κ1) is 22.7. The van der Waals surface area contributed by atoms with Crippen LogP contribution in [0.25, 0.3) is 11.0 Å². The van der Waals surface area contributed by atoms with Crippen LogP contribution in [0.5, 0.6) is 0 Å². The molecular formula is C26H31N5O2. The number of nitriles is 1. The third-order valence-corrected chi connectivity index (χ3v) is 5.82. The van der Waals surface area contributed by atoms with Crippen LogP contribution in [0.3, 0.4) is 0 Å². The van der Waals surface area contributed by atoms with E-state index in [1.807, 2.05) is 63.2 Å². The summed E-state index contributed by atoms with van der Waals surface area (Å²) >= 11 is 0. The third-order valence-electron chi connectivity index (χ3n) is 5.82. The number of nitrogens with one attached hydrogen (secondary N) is 1. The van der Waals surface area contributed by atoms with Gasteiger partial charge >= 0.3 is 6.09 Å². The molecule has 1 aliphatic heterocycles. The first-order valence-electron chi connectivity index (χ1n) is 11.5. The van der Waals surface area contributed by atoms with Crippen molar-refractivity contribution in [2.75, 3.05) is 18.0 Å². The number of rotatable bonds is 5. The molecule has 1 atom stereocenters. The molecule has 0 saturated carbocycles. The van der Waals surface area contributed by atoms with Crippen molar-refractivity contribution in [1.82, 2.24) is 14.9 Å². The summed E-state index contributed by atoms with van der Waals surface area (Å²) in [6.45, 7) is 7.65. The van der Waals surface area contributed by atoms with Crippen LogP contribution in [0.4, 0.5) is 10.7 Å². The summed E-state index contributed by atoms with van der Waals surface area (Å²) in [7, 11) is 0. The molecule has 3 aromatic rings. The molecule has 1 fully saturated rings. The predicted octanol–water partition coefficient (Wildman–Crippen LogP) is 4.84. The van der Waals surface area contributed by atoms with E-state index in [4.69, 9.17) is 15.0 Å². The smallest absolute Gasteiger partial charge is 0.407 e. The highest BCUT2D eigenvalue weighted by Gasteiger charge is 2.28. The average Bonchev–Trinajstić information content (AvgIpc) is 3.15. The van der Waals surface area contributed by atoms with E-state index >= 15 is 0 Å². The van der Waals surface area contributed by atoms with Gasteiger partial charge in [0.15, 0.2) is 0 Å². The van der Waals surface area contributed by atoms with Gasteiger partial charge in [0.25, 0.3) is 0 Å². The van der Waals surface area contributed by atoms with Gasteiger partial charge in [-0.15, -0.1) is 0 Å². The summed E-state index contributed by atoms with van der Waals surface area (Å²) in [4.78, 5) is 19.6. The van der Waals surface area contributed by atoms with Crippen molar-refractivity contribution >= 4 is 23.1 Å². The molecular weight excluding hydrogens is 414 g/mol. The zero-order valence-corrected chi connectivity index (χ0v) is 19.5. The second-order valence-electron chi connectivity index (χ2n) is 9.52. The summed E-state index contributed by atoms with van der Waals surface area (Å²) in [6.07, 6.45) is 2.80. The molecule has 33 heavy (non-hydrogen) atoms. The third kappa shape index (κ3) is 5.46. The Morgan fingerprint density at radius 2 is 1.94 bits per heavy atom. The molecule has 0 spiro atoms. The molecule has 7 nitrogen and oxygen atoms in total. The van der Waals surface area contributed by atoms with E-state index in [2.05, 4.69) is 26.9 Å². The Kier molecular flexibility index (Phi) is 6.55. The number of nitrogens with zero attached hydrogens (tertiary/aromatic N) is 4. The summed E-state index contributed by atoms with van der Waals surface area (Å²) in [5, 5.41) is 12.1. The topological polar surface area (TPSA) is 83.2 Å². The van der Waals surface area contributed by atoms with Gasteiger partial charge in [0.05, 0.1) is 29.2 Å². The molecule has 2 heterocycles. The number of hydrogen-bond acceptors (Lipinski definition) is 5. The number of alkyl carbamates (subject to hydrolysis) is 1. The maximum absolute atomic E-state index is 12.3. The van der Waals surface area contributed by atoms with Crippen molar-refractivity contribution in [3.63, 3.8) is 0 Å². The highest BCUT2D eigenvalue weighted by Crippen LogP contribution is 2.29. The maximum Gasteiger partial charge on any atom is 0.407 e. The van der Waals surface area contributed by atoms with E-state index in [1.54, 1.807) is 0 Å². The lowest BCUT2D eigenvalue weighted by Gasteiger charge is -2.37. The van der Waals surface area contributed by atoms with Crippen LogP contribution in [0, 0.1) is 11.3 Å². The fraction of sp³-hybridized carbons (Fsp3) is 0.423. The van der Waals surface area contributed by atoms with Crippen molar-refractivity contribution < 1.29 is 9.53 Å². The minimum atomic E-state index is -0.522. The Morgan fingerprint density at radius 1 is 1.18 bits per heavy atom. The van der Waals surface area contributed by atoms with Crippen LogP contribution < -0.4 is 10.2 Å². The second-order valence-corrected chi connectivity index (χ2v) is 9.52. The largest absolute Gasteiger partial charge is 0.444 e. The molecule has 1 aromatic heterocycles. The van der Waals surface area contributed by atoms with Gasteiger partial charge < -0.3 is 19.5 Å².